The third-order valence-electron chi connectivity index (χ3n) is 3.75. The Morgan fingerprint density at radius 1 is 1.20 bits per heavy atom. The van der Waals surface area contributed by atoms with E-state index in [1.165, 1.54) is 0 Å². The van der Waals surface area contributed by atoms with E-state index in [1.807, 2.05) is 0 Å². The molecule has 0 saturated heterocycles. The third kappa shape index (κ3) is 4.78. The fraction of sp³-hybridized carbons (Fsp3) is 0.0526. The number of methoxy groups -OCH3 is 1. The second-order valence-corrected chi connectivity index (χ2v) is 6.12. The molecule has 0 atom stereocenters. The van der Waals surface area contributed by atoms with Crippen molar-refractivity contribution < 1.29 is 27.9 Å². The van der Waals surface area contributed by atoms with E-state index in [4.69, 9.17) is 16.4 Å². The molecular formula is C19H13ClF2N4O4. The first-order valence-corrected chi connectivity index (χ1v) is 8.65. The van der Waals surface area contributed by atoms with E-state index in [-0.39, 0.29) is 16.9 Å². The Kier molecular flexibility index (Phi) is 6.38. The Morgan fingerprint density at radius 2 is 1.93 bits per heavy atom. The average molecular weight is 435 g/mol. The summed E-state index contributed by atoms with van der Waals surface area (Å²) in [7, 11) is 1.15. The molecule has 1 heterocycles. The average Bonchev–Trinajstić information content (AvgIpc) is 3.12. The number of oxime groups is 1. The summed E-state index contributed by atoms with van der Waals surface area (Å²) >= 11 is 5.77. The van der Waals surface area contributed by atoms with Crippen LogP contribution in [-0.2, 0) is 9.57 Å². The zero-order valence-electron chi connectivity index (χ0n) is 15.3. The second-order valence-electron chi connectivity index (χ2n) is 5.69. The molecule has 0 radical (unpaired) electrons. The standard InChI is InChI=1S/C19H13ClF2N4O4/c1-29-18(27)14-9-23-26(16-7-4-12(21)8-15(16)22)17(14)10-24-30-19(28)25-13-5-2-11(20)3-6-13/h2-10H,1H3,(H,25,28)/b24-10+. The Labute approximate surface area is 173 Å². The maximum absolute atomic E-state index is 14.2. The van der Waals surface area contributed by atoms with Crippen LogP contribution in [0.5, 0.6) is 0 Å². The predicted molar refractivity (Wildman–Crippen MR) is 104 cm³/mol. The summed E-state index contributed by atoms with van der Waals surface area (Å²) in [5.74, 6) is -2.49. The number of ether oxygens (including phenoxy) is 1. The van der Waals surface area contributed by atoms with Crippen LogP contribution in [0.2, 0.25) is 5.02 Å². The summed E-state index contributed by atoms with van der Waals surface area (Å²) in [5, 5.41) is 10.3. The van der Waals surface area contributed by atoms with E-state index in [2.05, 4.69) is 20.3 Å². The Morgan fingerprint density at radius 3 is 2.60 bits per heavy atom. The van der Waals surface area contributed by atoms with E-state index in [0.29, 0.717) is 16.8 Å². The molecule has 11 heteroatoms. The number of nitrogens with one attached hydrogen (secondary N) is 1. The first kappa shape index (κ1) is 20.9. The van der Waals surface area contributed by atoms with Gasteiger partial charge in [-0.25, -0.2) is 23.1 Å². The lowest BCUT2D eigenvalue weighted by atomic mass is 10.2. The molecule has 0 unspecified atom stereocenters. The van der Waals surface area contributed by atoms with Gasteiger partial charge in [-0.2, -0.15) is 5.10 Å². The topological polar surface area (TPSA) is 94.8 Å². The van der Waals surface area contributed by atoms with Crippen molar-refractivity contribution in [2.75, 3.05) is 12.4 Å². The number of hydrogen-bond donors (Lipinski definition) is 1. The number of esters is 1. The van der Waals surface area contributed by atoms with Gasteiger partial charge in [-0.05, 0) is 36.4 Å². The van der Waals surface area contributed by atoms with Crippen LogP contribution < -0.4 is 5.32 Å². The molecule has 0 aliphatic rings. The van der Waals surface area contributed by atoms with Crippen molar-refractivity contribution in [3.8, 4) is 5.69 Å². The van der Waals surface area contributed by atoms with Crippen LogP contribution in [0.25, 0.3) is 5.69 Å². The molecule has 2 aromatic carbocycles. The first-order valence-electron chi connectivity index (χ1n) is 8.27. The molecule has 154 valence electrons. The second kappa shape index (κ2) is 9.14. The summed E-state index contributed by atoms with van der Waals surface area (Å²) in [5.41, 5.74) is 0.130. The van der Waals surface area contributed by atoms with Crippen molar-refractivity contribution in [1.29, 1.82) is 0 Å². The fourth-order valence-corrected chi connectivity index (χ4v) is 2.52. The molecule has 0 aliphatic heterocycles. The summed E-state index contributed by atoms with van der Waals surface area (Å²) < 4.78 is 33.0. The maximum atomic E-state index is 14.2. The van der Waals surface area contributed by atoms with Crippen LogP contribution in [-0.4, -0.2) is 35.2 Å². The number of nitrogens with zero attached hydrogens (tertiary/aromatic N) is 3. The zero-order chi connectivity index (χ0) is 21.7. The predicted octanol–water partition coefficient (Wildman–Crippen LogP) is 4.17. The summed E-state index contributed by atoms with van der Waals surface area (Å²) in [6, 6.07) is 9.05. The van der Waals surface area contributed by atoms with Gasteiger partial charge in [0.15, 0.2) is 5.82 Å². The molecule has 0 bridgehead atoms. The van der Waals surface area contributed by atoms with Gasteiger partial charge in [-0.1, -0.05) is 16.8 Å². The highest BCUT2D eigenvalue weighted by Gasteiger charge is 2.20. The van der Waals surface area contributed by atoms with Gasteiger partial charge < -0.3 is 4.74 Å². The van der Waals surface area contributed by atoms with Crippen molar-refractivity contribution >= 4 is 35.6 Å². The van der Waals surface area contributed by atoms with Crippen molar-refractivity contribution in [1.82, 2.24) is 9.78 Å². The van der Waals surface area contributed by atoms with E-state index < -0.39 is 23.7 Å². The van der Waals surface area contributed by atoms with Crippen molar-refractivity contribution in [3.05, 3.63) is 76.6 Å². The minimum absolute atomic E-state index is 0.0494. The highest BCUT2D eigenvalue weighted by Crippen LogP contribution is 2.19. The van der Waals surface area contributed by atoms with Gasteiger partial charge in [0.1, 0.15) is 22.8 Å². The fourth-order valence-electron chi connectivity index (χ4n) is 2.39. The lowest BCUT2D eigenvalue weighted by Crippen LogP contribution is -2.12. The van der Waals surface area contributed by atoms with E-state index in [0.717, 1.165) is 36.3 Å². The largest absolute Gasteiger partial charge is 0.465 e. The van der Waals surface area contributed by atoms with Crippen LogP contribution in [0.15, 0.2) is 53.8 Å². The maximum Gasteiger partial charge on any atom is 0.437 e. The molecule has 0 saturated carbocycles. The highest BCUT2D eigenvalue weighted by molar-refractivity contribution is 6.30. The molecular weight excluding hydrogens is 422 g/mol. The van der Waals surface area contributed by atoms with Crippen LogP contribution in [0.1, 0.15) is 16.1 Å². The summed E-state index contributed by atoms with van der Waals surface area (Å²) in [6.45, 7) is 0. The van der Waals surface area contributed by atoms with Gasteiger partial charge in [0.05, 0.1) is 19.5 Å². The number of halogens is 3. The van der Waals surface area contributed by atoms with Gasteiger partial charge in [-0.3, -0.25) is 10.2 Å². The minimum Gasteiger partial charge on any atom is -0.465 e. The van der Waals surface area contributed by atoms with Gasteiger partial charge in [0.2, 0.25) is 0 Å². The van der Waals surface area contributed by atoms with Crippen LogP contribution in [0.4, 0.5) is 19.3 Å². The van der Waals surface area contributed by atoms with Gasteiger partial charge in [0.25, 0.3) is 0 Å². The number of carbonyl (C=O) groups is 2. The number of carbonyl (C=O) groups excluding carboxylic acids is 2. The molecule has 3 rings (SSSR count). The summed E-state index contributed by atoms with van der Waals surface area (Å²) in [4.78, 5) is 28.5. The molecule has 0 spiro atoms. The zero-order valence-corrected chi connectivity index (χ0v) is 16.1. The number of anilines is 1. The van der Waals surface area contributed by atoms with Gasteiger partial charge in [-0.15, -0.1) is 0 Å². The highest BCUT2D eigenvalue weighted by atomic mass is 35.5. The quantitative estimate of drug-likeness (QED) is 0.281. The normalized spacial score (nSPS) is 10.8. The van der Waals surface area contributed by atoms with E-state index in [1.54, 1.807) is 24.3 Å². The lowest BCUT2D eigenvalue weighted by Gasteiger charge is -2.07. The smallest absolute Gasteiger partial charge is 0.437 e. The SMILES string of the molecule is COC(=O)c1cnn(-c2ccc(F)cc2F)c1/C=N/OC(=O)Nc1ccc(Cl)cc1. The van der Waals surface area contributed by atoms with Crippen LogP contribution in [0.3, 0.4) is 0 Å². The minimum atomic E-state index is -0.925. The molecule has 30 heavy (non-hydrogen) atoms. The number of hydrogen-bond acceptors (Lipinski definition) is 6. The van der Waals surface area contributed by atoms with Crippen LogP contribution in [0, 0.1) is 11.6 Å². The number of amides is 1. The monoisotopic (exact) mass is 434 g/mol. The van der Waals surface area contributed by atoms with Gasteiger partial charge in [0, 0.05) is 16.8 Å². The van der Waals surface area contributed by atoms with E-state index in [9.17, 15) is 18.4 Å². The number of benzene rings is 2. The summed E-state index contributed by atoms with van der Waals surface area (Å²) in [6.07, 6.45) is 1.17. The molecule has 8 nitrogen and oxygen atoms in total. The molecule has 0 fully saturated rings. The molecule has 1 aromatic heterocycles. The Bertz CT molecular complexity index is 1120. The Hall–Kier alpha value is -3.79. The number of aromatic nitrogens is 2. The van der Waals surface area contributed by atoms with Crippen molar-refractivity contribution in [3.63, 3.8) is 0 Å². The first-order chi connectivity index (χ1) is 14.4. The molecule has 0 aliphatic carbocycles. The third-order valence-corrected chi connectivity index (χ3v) is 4.00. The lowest BCUT2D eigenvalue weighted by molar-refractivity contribution is 0.0600. The van der Waals surface area contributed by atoms with E-state index >= 15 is 0 Å². The number of rotatable bonds is 5. The Balaban J connectivity index is 1.84. The van der Waals surface area contributed by atoms with Crippen LogP contribution >= 0.6 is 11.6 Å². The molecule has 3 aromatic rings. The molecule has 1 N–H and O–H groups in total. The van der Waals surface area contributed by atoms with Crippen molar-refractivity contribution in [2.45, 2.75) is 0 Å². The van der Waals surface area contributed by atoms with Gasteiger partial charge >= 0.3 is 12.1 Å². The van der Waals surface area contributed by atoms with Crippen molar-refractivity contribution in [2.24, 2.45) is 5.16 Å². The molecule has 1 amide bonds.